The molecule has 5 heteroatoms. The van der Waals surface area contributed by atoms with E-state index in [1.54, 1.807) is 13.2 Å². The molecule has 0 heterocycles. The summed E-state index contributed by atoms with van der Waals surface area (Å²) in [6, 6.07) is 23.6. The fourth-order valence-corrected chi connectivity index (χ4v) is 3.16. The standard InChI is InChI=1S/C26H28N2O3/c1-4-8-20-11-16-24(25(17-20)30-3)31-18-26(29)28-23-14-12-22(13-15-23)27-19(2)21-9-6-5-7-10-21/h4-17,19,27H,18H2,1-3H3,(H,28,29)/b8-4+. The summed E-state index contributed by atoms with van der Waals surface area (Å²) in [5.74, 6) is 0.879. The van der Waals surface area contributed by atoms with Crippen molar-refractivity contribution in [3.63, 3.8) is 0 Å². The third-order valence-electron chi connectivity index (χ3n) is 4.76. The van der Waals surface area contributed by atoms with Gasteiger partial charge in [0.25, 0.3) is 5.91 Å². The molecule has 0 spiro atoms. The Kier molecular flexibility index (Phi) is 7.71. The second-order valence-corrected chi connectivity index (χ2v) is 7.10. The highest BCUT2D eigenvalue weighted by atomic mass is 16.5. The Morgan fingerprint density at radius 3 is 2.35 bits per heavy atom. The molecular formula is C26H28N2O3. The minimum Gasteiger partial charge on any atom is -0.493 e. The second-order valence-electron chi connectivity index (χ2n) is 7.10. The monoisotopic (exact) mass is 416 g/mol. The Hall–Kier alpha value is -3.73. The molecule has 31 heavy (non-hydrogen) atoms. The van der Waals surface area contributed by atoms with Crippen molar-refractivity contribution < 1.29 is 14.3 Å². The van der Waals surface area contributed by atoms with Gasteiger partial charge < -0.3 is 20.1 Å². The number of amides is 1. The SMILES string of the molecule is C/C=C/c1ccc(OCC(=O)Nc2ccc(NC(C)c3ccccc3)cc2)c(OC)c1. The molecule has 0 saturated heterocycles. The van der Waals surface area contributed by atoms with Gasteiger partial charge in [-0.2, -0.15) is 0 Å². The molecule has 3 rings (SSSR count). The van der Waals surface area contributed by atoms with Crippen LogP contribution in [0.3, 0.4) is 0 Å². The summed E-state index contributed by atoms with van der Waals surface area (Å²) in [4.78, 5) is 12.3. The maximum atomic E-state index is 12.3. The van der Waals surface area contributed by atoms with E-state index in [0.29, 0.717) is 17.2 Å². The van der Waals surface area contributed by atoms with Crippen molar-refractivity contribution in [1.82, 2.24) is 0 Å². The number of methoxy groups -OCH3 is 1. The van der Waals surface area contributed by atoms with Crippen LogP contribution in [0.4, 0.5) is 11.4 Å². The molecule has 1 unspecified atom stereocenters. The lowest BCUT2D eigenvalue weighted by Gasteiger charge is -2.16. The average Bonchev–Trinajstić information content (AvgIpc) is 2.80. The lowest BCUT2D eigenvalue weighted by Crippen LogP contribution is -2.20. The molecule has 3 aromatic carbocycles. The van der Waals surface area contributed by atoms with Crippen LogP contribution in [-0.4, -0.2) is 19.6 Å². The number of hydrogen-bond donors (Lipinski definition) is 2. The molecule has 0 radical (unpaired) electrons. The zero-order chi connectivity index (χ0) is 22.1. The molecule has 0 aliphatic rings. The van der Waals surface area contributed by atoms with Crippen molar-refractivity contribution in [2.24, 2.45) is 0 Å². The highest BCUT2D eigenvalue weighted by Crippen LogP contribution is 2.28. The van der Waals surface area contributed by atoms with Crippen molar-refractivity contribution >= 4 is 23.4 Å². The Labute approximate surface area is 183 Å². The van der Waals surface area contributed by atoms with Crippen LogP contribution in [0.1, 0.15) is 31.0 Å². The highest BCUT2D eigenvalue weighted by Gasteiger charge is 2.09. The molecule has 0 fully saturated rings. The molecule has 3 aromatic rings. The summed E-state index contributed by atoms with van der Waals surface area (Å²) in [5, 5.41) is 6.31. The van der Waals surface area contributed by atoms with Crippen molar-refractivity contribution in [2.45, 2.75) is 19.9 Å². The number of anilines is 2. The molecule has 0 bridgehead atoms. The molecule has 1 atom stereocenters. The van der Waals surface area contributed by atoms with E-state index in [1.165, 1.54) is 5.56 Å². The quantitative estimate of drug-likeness (QED) is 0.455. The van der Waals surface area contributed by atoms with E-state index in [1.807, 2.05) is 73.7 Å². The maximum absolute atomic E-state index is 12.3. The molecule has 0 aromatic heterocycles. The lowest BCUT2D eigenvalue weighted by molar-refractivity contribution is -0.118. The number of nitrogens with one attached hydrogen (secondary N) is 2. The highest BCUT2D eigenvalue weighted by molar-refractivity contribution is 5.92. The predicted molar refractivity (Wildman–Crippen MR) is 127 cm³/mol. The van der Waals surface area contributed by atoms with E-state index in [4.69, 9.17) is 9.47 Å². The van der Waals surface area contributed by atoms with Gasteiger partial charge in [-0.3, -0.25) is 4.79 Å². The van der Waals surface area contributed by atoms with Gasteiger partial charge in [-0.05, 0) is 61.4 Å². The number of carbonyl (C=O) groups excluding carboxylic acids is 1. The Balaban J connectivity index is 1.53. The van der Waals surface area contributed by atoms with E-state index < -0.39 is 0 Å². The average molecular weight is 417 g/mol. The number of ether oxygens (including phenoxy) is 2. The molecule has 160 valence electrons. The summed E-state index contributed by atoms with van der Waals surface area (Å²) in [6.45, 7) is 3.96. The van der Waals surface area contributed by atoms with E-state index >= 15 is 0 Å². The van der Waals surface area contributed by atoms with Gasteiger partial charge in [0.2, 0.25) is 0 Å². The van der Waals surface area contributed by atoms with Gasteiger partial charge in [0, 0.05) is 17.4 Å². The number of allylic oxidation sites excluding steroid dienone is 1. The Morgan fingerprint density at radius 1 is 0.968 bits per heavy atom. The largest absolute Gasteiger partial charge is 0.493 e. The Morgan fingerprint density at radius 2 is 1.68 bits per heavy atom. The summed E-state index contributed by atoms with van der Waals surface area (Å²) < 4.78 is 11.0. The minimum absolute atomic E-state index is 0.107. The zero-order valence-corrected chi connectivity index (χ0v) is 18.1. The van der Waals surface area contributed by atoms with Gasteiger partial charge >= 0.3 is 0 Å². The molecule has 5 nitrogen and oxygen atoms in total. The summed E-state index contributed by atoms with van der Waals surface area (Å²) in [6.07, 6.45) is 3.92. The normalized spacial score (nSPS) is 11.7. The van der Waals surface area contributed by atoms with Gasteiger partial charge in [-0.25, -0.2) is 0 Å². The molecular weight excluding hydrogens is 388 g/mol. The summed E-state index contributed by atoms with van der Waals surface area (Å²) in [5.41, 5.74) is 3.91. The van der Waals surface area contributed by atoms with Gasteiger partial charge in [0.15, 0.2) is 18.1 Å². The molecule has 2 N–H and O–H groups in total. The fraction of sp³-hybridized carbons (Fsp3) is 0.192. The first-order chi connectivity index (χ1) is 15.1. The van der Waals surface area contributed by atoms with E-state index in [9.17, 15) is 4.79 Å². The first-order valence-corrected chi connectivity index (χ1v) is 10.2. The van der Waals surface area contributed by atoms with Crippen LogP contribution in [0, 0.1) is 0 Å². The van der Waals surface area contributed by atoms with Gasteiger partial charge in [-0.15, -0.1) is 0 Å². The second kappa shape index (κ2) is 10.9. The van der Waals surface area contributed by atoms with Crippen LogP contribution < -0.4 is 20.1 Å². The van der Waals surface area contributed by atoms with Gasteiger partial charge in [0.1, 0.15) is 0 Å². The van der Waals surface area contributed by atoms with E-state index in [2.05, 4.69) is 29.7 Å². The predicted octanol–water partition coefficient (Wildman–Crippen LogP) is 5.92. The van der Waals surface area contributed by atoms with E-state index in [0.717, 1.165) is 11.3 Å². The van der Waals surface area contributed by atoms with Crippen LogP contribution in [0.25, 0.3) is 6.08 Å². The number of carbonyl (C=O) groups is 1. The van der Waals surface area contributed by atoms with Crippen LogP contribution in [0.2, 0.25) is 0 Å². The Bertz CT molecular complexity index is 1010. The van der Waals surface area contributed by atoms with Gasteiger partial charge in [-0.1, -0.05) is 48.6 Å². The summed E-state index contributed by atoms with van der Waals surface area (Å²) in [7, 11) is 1.58. The third kappa shape index (κ3) is 6.37. The van der Waals surface area contributed by atoms with Crippen LogP contribution >= 0.6 is 0 Å². The third-order valence-corrected chi connectivity index (χ3v) is 4.76. The van der Waals surface area contributed by atoms with Crippen LogP contribution in [-0.2, 0) is 4.79 Å². The topological polar surface area (TPSA) is 59.6 Å². The van der Waals surface area contributed by atoms with Crippen molar-refractivity contribution in [3.8, 4) is 11.5 Å². The first-order valence-electron chi connectivity index (χ1n) is 10.2. The number of rotatable bonds is 9. The fourth-order valence-electron chi connectivity index (χ4n) is 3.16. The van der Waals surface area contributed by atoms with Crippen molar-refractivity contribution in [1.29, 1.82) is 0 Å². The molecule has 0 saturated carbocycles. The summed E-state index contributed by atoms with van der Waals surface area (Å²) >= 11 is 0. The zero-order valence-electron chi connectivity index (χ0n) is 18.1. The van der Waals surface area contributed by atoms with Crippen molar-refractivity contribution in [3.05, 3.63) is 90.0 Å². The number of hydrogen-bond acceptors (Lipinski definition) is 4. The first kappa shape index (κ1) is 22.0. The molecule has 1 amide bonds. The van der Waals surface area contributed by atoms with Crippen molar-refractivity contribution in [2.75, 3.05) is 24.4 Å². The smallest absolute Gasteiger partial charge is 0.262 e. The van der Waals surface area contributed by atoms with Crippen LogP contribution in [0.5, 0.6) is 11.5 Å². The van der Waals surface area contributed by atoms with E-state index in [-0.39, 0.29) is 18.6 Å². The van der Waals surface area contributed by atoms with Gasteiger partial charge in [0.05, 0.1) is 7.11 Å². The molecule has 0 aliphatic carbocycles. The van der Waals surface area contributed by atoms with Crippen LogP contribution in [0.15, 0.2) is 78.9 Å². The lowest BCUT2D eigenvalue weighted by atomic mass is 10.1. The molecule has 0 aliphatic heterocycles. The maximum Gasteiger partial charge on any atom is 0.262 e. The number of benzene rings is 3. The minimum atomic E-state index is -0.238.